The average Bonchev–Trinajstić information content (AvgIpc) is 3.17. The van der Waals surface area contributed by atoms with Crippen molar-refractivity contribution in [3.05, 3.63) is 73.9 Å². The lowest BCUT2D eigenvalue weighted by molar-refractivity contribution is -0.152. The molecule has 38 heavy (non-hydrogen) atoms. The Labute approximate surface area is 236 Å². The van der Waals surface area contributed by atoms with Crippen molar-refractivity contribution >= 4 is 51.8 Å². The summed E-state index contributed by atoms with van der Waals surface area (Å²) in [5.41, 5.74) is 0.312. The smallest absolute Gasteiger partial charge is 0.347 e. The molecule has 0 aliphatic rings. The molecule has 0 aliphatic heterocycles. The number of aromatic amines is 1. The molecule has 0 saturated carbocycles. The first-order chi connectivity index (χ1) is 17.8. The number of aromatic nitrogens is 4. The van der Waals surface area contributed by atoms with Gasteiger partial charge in [0.15, 0.2) is 11.2 Å². The summed E-state index contributed by atoms with van der Waals surface area (Å²) in [4.78, 5) is 32.0. The van der Waals surface area contributed by atoms with Gasteiger partial charge in [-0.05, 0) is 44.4 Å². The molecule has 0 radical (unpaired) electrons. The molecule has 0 saturated heterocycles. The van der Waals surface area contributed by atoms with E-state index in [0.717, 1.165) is 5.56 Å². The van der Waals surface area contributed by atoms with Gasteiger partial charge in [0.25, 0.3) is 5.56 Å². The Morgan fingerprint density at radius 3 is 2.42 bits per heavy atom. The zero-order valence-electron chi connectivity index (χ0n) is 21.9. The van der Waals surface area contributed by atoms with Gasteiger partial charge in [-0.15, -0.1) is 11.6 Å². The van der Waals surface area contributed by atoms with Gasteiger partial charge in [-0.2, -0.15) is 5.10 Å². The summed E-state index contributed by atoms with van der Waals surface area (Å²) in [6.45, 7) is 8.94. The van der Waals surface area contributed by atoms with Gasteiger partial charge in [-0.25, -0.2) is 14.5 Å². The summed E-state index contributed by atoms with van der Waals surface area (Å²) in [6, 6.07) is 6.97. The van der Waals surface area contributed by atoms with Crippen LogP contribution < -0.4 is 10.3 Å². The van der Waals surface area contributed by atoms with E-state index in [-0.39, 0.29) is 23.4 Å². The summed E-state index contributed by atoms with van der Waals surface area (Å²) in [6.07, 6.45) is 4.29. The fraction of sp³-hybridized carbons (Fsp3) is 0.407. The number of nitrogens with zero attached hydrogens (tertiary/aromatic N) is 3. The second kappa shape index (κ2) is 12.4. The lowest BCUT2D eigenvalue weighted by Gasteiger charge is -2.21. The first-order valence-electron chi connectivity index (χ1n) is 12.1. The van der Waals surface area contributed by atoms with Gasteiger partial charge in [0, 0.05) is 22.9 Å². The molecule has 0 fully saturated rings. The number of alkyl halides is 1. The van der Waals surface area contributed by atoms with Crippen molar-refractivity contribution in [2.45, 2.75) is 70.9 Å². The second-order valence-corrected chi connectivity index (χ2v) is 11.5. The Morgan fingerprint density at radius 1 is 1.18 bits per heavy atom. The highest BCUT2D eigenvalue weighted by molar-refractivity contribution is 6.31. The minimum absolute atomic E-state index is 0.000406. The quantitative estimate of drug-likeness (QED) is 0.256. The summed E-state index contributed by atoms with van der Waals surface area (Å²) >= 11 is 18.6. The van der Waals surface area contributed by atoms with Crippen LogP contribution in [0.4, 0.5) is 0 Å². The first-order valence-corrected chi connectivity index (χ1v) is 13.3. The summed E-state index contributed by atoms with van der Waals surface area (Å²) in [5.74, 6) is -0.177. The van der Waals surface area contributed by atoms with E-state index in [4.69, 9.17) is 44.5 Å². The number of hydrogen-bond donors (Lipinski definition) is 2. The third kappa shape index (κ3) is 7.62. The van der Waals surface area contributed by atoms with Gasteiger partial charge in [0.1, 0.15) is 17.0 Å². The van der Waals surface area contributed by atoms with Crippen LogP contribution in [0.2, 0.25) is 0 Å². The molecule has 0 aliphatic carbocycles. The lowest BCUT2D eigenvalue weighted by Crippen LogP contribution is -2.37. The zero-order valence-corrected chi connectivity index (χ0v) is 24.2. The maximum absolute atomic E-state index is 13.1. The Bertz CT molecular complexity index is 1420. The molecule has 3 aromatic rings. The Balaban J connectivity index is 1.90. The van der Waals surface area contributed by atoms with Gasteiger partial charge in [-0.1, -0.05) is 61.3 Å². The van der Waals surface area contributed by atoms with Crippen molar-refractivity contribution in [3.8, 4) is 5.75 Å². The number of allylic oxidation sites excluding steroid dienone is 4. The number of rotatable bonds is 11. The van der Waals surface area contributed by atoms with Gasteiger partial charge in [0.2, 0.25) is 0 Å². The molecule has 1 unspecified atom stereocenters. The van der Waals surface area contributed by atoms with E-state index in [0.29, 0.717) is 51.2 Å². The fourth-order valence-electron chi connectivity index (χ4n) is 3.69. The van der Waals surface area contributed by atoms with Crippen LogP contribution in [0.25, 0.3) is 11.0 Å². The number of halogens is 3. The van der Waals surface area contributed by atoms with E-state index < -0.39 is 11.6 Å². The normalized spacial score (nSPS) is 13.8. The standard InChI is InChI=1S/C27H31Cl3N4O4/c1-15(2)23-22-24(34(33-23)14-19(30)9-8-18(29)12-16(3)28)31-21(32-25(22)35)13-17-6-10-20(11-7-17)38-27(4,5)26(36)37/h6-7,9-12,15-16H,8,13-14H2,1-5H3,(H,36,37)(H,31,32,35)/b18-12+,19-9+. The summed E-state index contributed by atoms with van der Waals surface area (Å²) < 4.78 is 7.19. The van der Waals surface area contributed by atoms with Gasteiger partial charge in [-0.3, -0.25) is 4.79 Å². The number of carboxylic acids is 1. The van der Waals surface area contributed by atoms with Crippen LogP contribution in [-0.2, 0) is 17.8 Å². The highest BCUT2D eigenvalue weighted by Crippen LogP contribution is 2.24. The predicted octanol–water partition coefficient (Wildman–Crippen LogP) is 6.34. The summed E-state index contributed by atoms with van der Waals surface area (Å²) in [7, 11) is 0. The second-order valence-electron chi connectivity index (χ2n) is 9.79. The molecule has 3 rings (SSSR count). The van der Waals surface area contributed by atoms with Gasteiger partial charge in [0.05, 0.1) is 17.6 Å². The molecule has 8 nitrogen and oxygen atoms in total. The molecule has 1 aromatic carbocycles. The van der Waals surface area contributed by atoms with E-state index in [2.05, 4.69) is 10.1 Å². The monoisotopic (exact) mass is 580 g/mol. The van der Waals surface area contributed by atoms with Crippen LogP contribution in [0.3, 0.4) is 0 Å². The van der Waals surface area contributed by atoms with Crippen LogP contribution in [0, 0.1) is 0 Å². The molecular formula is C27H31Cl3N4O4. The van der Waals surface area contributed by atoms with Crippen LogP contribution in [0.15, 0.2) is 51.3 Å². The molecule has 2 heterocycles. The van der Waals surface area contributed by atoms with Gasteiger partial charge >= 0.3 is 5.97 Å². The highest BCUT2D eigenvalue weighted by atomic mass is 35.5. The third-order valence-corrected chi connectivity index (χ3v) is 6.32. The minimum atomic E-state index is -1.36. The van der Waals surface area contributed by atoms with Crippen molar-refractivity contribution < 1.29 is 14.6 Å². The topological polar surface area (TPSA) is 110 Å². The number of nitrogens with one attached hydrogen (secondary N) is 1. The Morgan fingerprint density at radius 2 is 1.84 bits per heavy atom. The van der Waals surface area contributed by atoms with E-state index in [1.807, 2.05) is 20.8 Å². The van der Waals surface area contributed by atoms with Crippen molar-refractivity contribution in [1.82, 2.24) is 19.7 Å². The van der Waals surface area contributed by atoms with E-state index in [9.17, 15) is 14.7 Å². The van der Waals surface area contributed by atoms with Crippen LogP contribution in [0.1, 0.15) is 64.0 Å². The molecule has 11 heteroatoms. The molecule has 0 bridgehead atoms. The van der Waals surface area contributed by atoms with Crippen molar-refractivity contribution in [2.24, 2.45) is 0 Å². The fourth-order valence-corrected chi connectivity index (χ4v) is 4.36. The summed E-state index contributed by atoms with van der Waals surface area (Å²) in [5, 5.41) is 15.2. The van der Waals surface area contributed by atoms with Crippen LogP contribution >= 0.6 is 34.8 Å². The van der Waals surface area contributed by atoms with Crippen molar-refractivity contribution in [1.29, 1.82) is 0 Å². The molecular weight excluding hydrogens is 551 g/mol. The zero-order chi connectivity index (χ0) is 28.2. The molecule has 2 N–H and O–H groups in total. The van der Waals surface area contributed by atoms with Crippen LogP contribution in [-0.4, -0.2) is 41.8 Å². The first kappa shape index (κ1) is 29.7. The Hall–Kier alpha value is -2.81. The third-order valence-electron chi connectivity index (χ3n) is 5.64. The van der Waals surface area contributed by atoms with Crippen molar-refractivity contribution in [2.75, 3.05) is 0 Å². The van der Waals surface area contributed by atoms with E-state index in [1.165, 1.54) is 13.8 Å². The number of carbonyl (C=O) groups is 1. The SMILES string of the molecule is CC(Cl)/C=C(/Cl)C/C=C(/Cl)Cn1nc(C(C)C)c2c(=O)[nH]c(Cc3ccc(OC(C)(C)C(=O)O)cc3)nc21. The molecule has 0 amide bonds. The van der Waals surface area contributed by atoms with Gasteiger partial charge < -0.3 is 14.8 Å². The van der Waals surface area contributed by atoms with E-state index in [1.54, 1.807) is 41.1 Å². The number of benzene rings is 1. The van der Waals surface area contributed by atoms with Crippen molar-refractivity contribution in [3.63, 3.8) is 0 Å². The molecule has 1 atom stereocenters. The predicted molar refractivity (Wildman–Crippen MR) is 152 cm³/mol. The lowest BCUT2D eigenvalue weighted by atomic mass is 10.1. The largest absolute Gasteiger partial charge is 0.478 e. The number of H-pyrrole nitrogens is 1. The molecule has 2 aromatic heterocycles. The molecule has 204 valence electrons. The maximum atomic E-state index is 13.1. The number of fused-ring (bicyclic) bond motifs is 1. The highest BCUT2D eigenvalue weighted by Gasteiger charge is 2.29. The Kier molecular flexibility index (Phi) is 9.68. The number of hydrogen-bond acceptors (Lipinski definition) is 5. The number of aliphatic carboxylic acids is 1. The maximum Gasteiger partial charge on any atom is 0.347 e. The number of ether oxygens (including phenoxy) is 1. The van der Waals surface area contributed by atoms with Crippen LogP contribution in [0.5, 0.6) is 5.75 Å². The molecule has 0 spiro atoms. The number of carboxylic acid groups (broad SMARTS) is 1. The average molecular weight is 582 g/mol. The minimum Gasteiger partial charge on any atom is -0.478 e. The van der Waals surface area contributed by atoms with E-state index >= 15 is 0 Å².